The SMILES string of the molecule is [2H]C1([2H])N=C(Cc2cccc3ccccc23)NC1([2H])[2H]. The number of hydrogen-bond donors (Lipinski definition) is 1. The third kappa shape index (κ3) is 1.67. The molecule has 16 heavy (non-hydrogen) atoms. The molecule has 0 aliphatic carbocycles. The van der Waals surface area contributed by atoms with Crippen molar-refractivity contribution in [2.45, 2.75) is 6.42 Å². The van der Waals surface area contributed by atoms with Crippen molar-refractivity contribution in [1.29, 1.82) is 0 Å². The molecular formula is C14H14N2. The maximum absolute atomic E-state index is 7.61. The summed E-state index contributed by atoms with van der Waals surface area (Å²) >= 11 is 0. The van der Waals surface area contributed by atoms with Crippen LogP contribution >= 0.6 is 0 Å². The highest BCUT2D eigenvalue weighted by atomic mass is 15.1. The van der Waals surface area contributed by atoms with Crippen LogP contribution in [0.15, 0.2) is 47.5 Å². The summed E-state index contributed by atoms with van der Waals surface area (Å²) in [5.74, 6) is 0.344. The first-order chi connectivity index (χ1) is 9.39. The second kappa shape index (κ2) is 3.97. The molecule has 0 unspecified atom stereocenters. The van der Waals surface area contributed by atoms with Gasteiger partial charge in [0.2, 0.25) is 0 Å². The van der Waals surface area contributed by atoms with Gasteiger partial charge in [0, 0.05) is 12.9 Å². The first-order valence-corrected chi connectivity index (χ1v) is 5.23. The Morgan fingerprint density at radius 1 is 1.19 bits per heavy atom. The normalized spacial score (nSPS) is 24.9. The Balaban J connectivity index is 1.96. The van der Waals surface area contributed by atoms with E-state index in [1.807, 2.05) is 42.5 Å². The van der Waals surface area contributed by atoms with Gasteiger partial charge in [0.1, 0.15) is 5.84 Å². The number of nitrogens with zero attached hydrogens (tertiary/aromatic N) is 1. The first-order valence-electron chi connectivity index (χ1n) is 7.23. The smallest absolute Gasteiger partial charge is 0.101 e. The van der Waals surface area contributed by atoms with Gasteiger partial charge in [-0.3, -0.25) is 4.99 Å². The van der Waals surface area contributed by atoms with E-state index in [2.05, 4.69) is 10.3 Å². The highest BCUT2D eigenvalue weighted by molar-refractivity contribution is 5.92. The molecule has 2 aromatic rings. The molecule has 0 aromatic heterocycles. The molecule has 0 amide bonds. The molecule has 2 aromatic carbocycles. The van der Waals surface area contributed by atoms with Gasteiger partial charge in [-0.25, -0.2) is 0 Å². The van der Waals surface area contributed by atoms with E-state index >= 15 is 0 Å². The average molecular weight is 214 g/mol. The van der Waals surface area contributed by atoms with Gasteiger partial charge >= 0.3 is 0 Å². The highest BCUT2D eigenvalue weighted by Gasteiger charge is 2.07. The monoisotopic (exact) mass is 214 g/mol. The number of amidine groups is 1. The van der Waals surface area contributed by atoms with Crippen molar-refractivity contribution in [3.63, 3.8) is 0 Å². The molecule has 0 fully saturated rings. The Morgan fingerprint density at radius 2 is 2.06 bits per heavy atom. The minimum atomic E-state index is -2.23. The van der Waals surface area contributed by atoms with Crippen molar-refractivity contribution in [1.82, 2.24) is 5.32 Å². The van der Waals surface area contributed by atoms with E-state index in [1.54, 1.807) is 0 Å². The van der Waals surface area contributed by atoms with Crippen LogP contribution in [0.4, 0.5) is 0 Å². The number of nitrogens with one attached hydrogen (secondary N) is 1. The van der Waals surface area contributed by atoms with Crippen LogP contribution in [0.5, 0.6) is 0 Å². The van der Waals surface area contributed by atoms with Crippen LogP contribution in [0.1, 0.15) is 11.0 Å². The molecule has 0 radical (unpaired) electrons. The highest BCUT2D eigenvalue weighted by Crippen LogP contribution is 2.19. The molecule has 1 aliphatic rings. The van der Waals surface area contributed by atoms with Gasteiger partial charge in [-0.2, -0.15) is 0 Å². The average Bonchev–Trinajstić information content (AvgIpc) is 2.58. The van der Waals surface area contributed by atoms with Crippen LogP contribution in [0.3, 0.4) is 0 Å². The first kappa shape index (κ1) is 6.04. The van der Waals surface area contributed by atoms with Crippen molar-refractivity contribution in [3.8, 4) is 0 Å². The summed E-state index contributed by atoms with van der Waals surface area (Å²) < 4.78 is 30.4. The fourth-order valence-corrected chi connectivity index (χ4v) is 1.93. The Bertz CT molecular complexity index is 689. The Labute approximate surface area is 101 Å². The maximum atomic E-state index is 7.61. The lowest BCUT2D eigenvalue weighted by atomic mass is 10.0. The largest absolute Gasteiger partial charge is 0.372 e. The minimum absolute atomic E-state index is 0.344. The van der Waals surface area contributed by atoms with Crippen LogP contribution in [0.25, 0.3) is 10.8 Å². The zero-order valence-electron chi connectivity index (χ0n) is 12.7. The Hall–Kier alpha value is -1.83. The third-order valence-corrected chi connectivity index (χ3v) is 2.69. The Morgan fingerprint density at radius 3 is 2.94 bits per heavy atom. The van der Waals surface area contributed by atoms with Crippen molar-refractivity contribution in [3.05, 3.63) is 48.0 Å². The minimum Gasteiger partial charge on any atom is -0.372 e. The summed E-state index contributed by atoms with van der Waals surface area (Å²) in [7, 11) is 0. The zero-order chi connectivity index (χ0) is 14.4. The predicted octanol–water partition coefficient (Wildman–Crippen LogP) is 2.38. The standard InChI is InChI=1S/C14H14N2/c1-2-7-13-11(4-1)5-3-6-12(13)10-14-15-8-9-16-14/h1-7H,8-10H2,(H,15,16)/i8D2,9D2. The van der Waals surface area contributed by atoms with Gasteiger partial charge < -0.3 is 5.32 Å². The van der Waals surface area contributed by atoms with Crippen LogP contribution in [0.2, 0.25) is 0 Å². The number of fused-ring (bicyclic) bond motifs is 1. The number of rotatable bonds is 2. The van der Waals surface area contributed by atoms with E-state index in [0.717, 1.165) is 16.3 Å². The second-order valence-electron chi connectivity index (χ2n) is 3.74. The van der Waals surface area contributed by atoms with E-state index < -0.39 is 13.0 Å². The van der Waals surface area contributed by atoms with Crippen LogP contribution in [0, 0.1) is 0 Å². The summed E-state index contributed by atoms with van der Waals surface area (Å²) in [6, 6.07) is 13.8. The fourth-order valence-electron chi connectivity index (χ4n) is 1.93. The molecular weight excluding hydrogens is 196 g/mol. The lowest BCUT2D eigenvalue weighted by Crippen LogP contribution is -2.20. The quantitative estimate of drug-likeness (QED) is 0.815. The van der Waals surface area contributed by atoms with Crippen molar-refractivity contribution in [2.24, 2.45) is 4.99 Å². The van der Waals surface area contributed by atoms with E-state index in [1.165, 1.54) is 0 Å². The summed E-state index contributed by atoms with van der Waals surface area (Å²) in [6.45, 7) is -4.39. The number of hydrogen-bond acceptors (Lipinski definition) is 2. The van der Waals surface area contributed by atoms with Gasteiger partial charge in [0.05, 0.1) is 12.0 Å². The Kier molecular flexibility index (Phi) is 1.50. The molecule has 0 atom stereocenters. The summed E-state index contributed by atoms with van der Waals surface area (Å²) in [5.41, 5.74) is 1.00. The van der Waals surface area contributed by atoms with Crippen LogP contribution in [-0.4, -0.2) is 18.8 Å². The zero-order valence-corrected chi connectivity index (χ0v) is 8.70. The molecule has 2 heteroatoms. The summed E-state index contributed by atoms with van der Waals surface area (Å²) in [5, 5.41) is 4.72. The molecule has 2 nitrogen and oxygen atoms in total. The summed E-state index contributed by atoms with van der Waals surface area (Å²) in [4.78, 5) is 3.84. The molecule has 3 rings (SSSR count). The van der Waals surface area contributed by atoms with Gasteiger partial charge in [0.25, 0.3) is 0 Å². The van der Waals surface area contributed by atoms with Gasteiger partial charge in [-0.15, -0.1) is 0 Å². The lowest BCUT2D eigenvalue weighted by Gasteiger charge is -2.06. The van der Waals surface area contributed by atoms with E-state index in [4.69, 9.17) is 5.48 Å². The molecule has 0 bridgehead atoms. The van der Waals surface area contributed by atoms with E-state index in [0.29, 0.717) is 12.3 Å². The maximum Gasteiger partial charge on any atom is 0.101 e. The van der Waals surface area contributed by atoms with Crippen molar-refractivity contribution >= 4 is 16.6 Å². The van der Waals surface area contributed by atoms with Crippen LogP contribution in [-0.2, 0) is 6.42 Å². The van der Waals surface area contributed by atoms with E-state index in [9.17, 15) is 0 Å². The van der Waals surface area contributed by atoms with E-state index in [-0.39, 0.29) is 0 Å². The predicted molar refractivity (Wildman–Crippen MR) is 68.0 cm³/mol. The second-order valence-corrected chi connectivity index (χ2v) is 3.74. The van der Waals surface area contributed by atoms with Gasteiger partial charge in [-0.05, 0) is 16.3 Å². The topological polar surface area (TPSA) is 24.4 Å². The lowest BCUT2D eigenvalue weighted by molar-refractivity contribution is 0.954. The molecule has 1 aliphatic heterocycles. The number of benzene rings is 2. The molecule has 1 N–H and O–H groups in total. The molecule has 0 saturated carbocycles. The van der Waals surface area contributed by atoms with Crippen molar-refractivity contribution < 1.29 is 5.48 Å². The molecule has 1 heterocycles. The molecule has 0 spiro atoms. The molecule has 80 valence electrons. The summed E-state index contributed by atoms with van der Waals surface area (Å²) in [6.07, 6.45) is 0.389. The molecule has 0 saturated heterocycles. The third-order valence-electron chi connectivity index (χ3n) is 2.69. The van der Waals surface area contributed by atoms with Crippen LogP contribution < -0.4 is 5.32 Å². The fraction of sp³-hybridized carbons (Fsp3) is 0.214. The van der Waals surface area contributed by atoms with Gasteiger partial charge in [-0.1, -0.05) is 42.5 Å². The number of aliphatic imine (C=N–C) groups is 1. The van der Waals surface area contributed by atoms with Gasteiger partial charge in [0.15, 0.2) is 0 Å². The van der Waals surface area contributed by atoms with Crippen molar-refractivity contribution in [2.75, 3.05) is 13.0 Å².